The molecular formula is C23H24F2N2O. The molecule has 1 aromatic rings. The number of anilines is 1. The van der Waals surface area contributed by atoms with Gasteiger partial charge in [0.05, 0.1) is 13.2 Å². The van der Waals surface area contributed by atoms with Crippen molar-refractivity contribution in [2.45, 2.75) is 32.0 Å². The van der Waals surface area contributed by atoms with E-state index >= 15 is 0 Å². The predicted molar refractivity (Wildman–Crippen MR) is 109 cm³/mol. The van der Waals surface area contributed by atoms with E-state index in [2.05, 4.69) is 11.8 Å². The molecule has 0 fully saturated rings. The Bertz CT molecular complexity index is 882. The van der Waals surface area contributed by atoms with Gasteiger partial charge in [-0.1, -0.05) is 12.2 Å². The van der Waals surface area contributed by atoms with Crippen molar-refractivity contribution >= 4 is 11.4 Å². The number of allylic oxidation sites excluding steroid dienone is 7. The third kappa shape index (κ3) is 3.53. The van der Waals surface area contributed by atoms with Crippen LogP contribution in [0.15, 0.2) is 77.4 Å². The van der Waals surface area contributed by atoms with Crippen molar-refractivity contribution in [2.75, 3.05) is 12.0 Å². The molecule has 1 heterocycles. The van der Waals surface area contributed by atoms with Crippen LogP contribution < -0.4 is 9.64 Å². The third-order valence-electron chi connectivity index (χ3n) is 5.69. The Hall–Kier alpha value is -2.69. The molecular weight excluding hydrogens is 358 g/mol. The summed E-state index contributed by atoms with van der Waals surface area (Å²) in [6.07, 6.45) is 11.2. The van der Waals surface area contributed by atoms with Gasteiger partial charge in [-0.3, -0.25) is 4.99 Å². The first-order valence-electron chi connectivity index (χ1n) is 9.64. The minimum Gasteiger partial charge on any atom is -0.497 e. The van der Waals surface area contributed by atoms with Gasteiger partial charge in [-0.25, -0.2) is 8.78 Å². The maximum atomic E-state index is 13.5. The second kappa shape index (κ2) is 7.74. The lowest BCUT2D eigenvalue weighted by molar-refractivity contribution is 0.414. The average Bonchev–Trinajstić information content (AvgIpc) is 3.06. The van der Waals surface area contributed by atoms with Gasteiger partial charge in [-0.05, 0) is 68.3 Å². The maximum Gasteiger partial charge on any atom is 0.128 e. The van der Waals surface area contributed by atoms with Gasteiger partial charge < -0.3 is 9.64 Å². The molecule has 0 aromatic heterocycles. The molecule has 0 saturated heterocycles. The van der Waals surface area contributed by atoms with Gasteiger partial charge >= 0.3 is 0 Å². The molecule has 28 heavy (non-hydrogen) atoms. The van der Waals surface area contributed by atoms with Crippen molar-refractivity contribution in [3.05, 3.63) is 72.4 Å². The third-order valence-corrected chi connectivity index (χ3v) is 5.69. The SMILES string of the molecule is COc1ccc(N2C(C)C(C3C=CC(F)=CC3)=NC2C2C=CC(F)=CC2)cc1. The van der Waals surface area contributed by atoms with Crippen molar-refractivity contribution < 1.29 is 13.5 Å². The van der Waals surface area contributed by atoms with Gasteiger partial charge in [0.15, 0.2) is 0 Å². The number of hydrogen-bond acceptors (Lipinski definition) is 3. The fourth-order valence-corrected chi connectivity index (χ4v) is 4.18. The zero-order valence-electron chi connectivity index (χ0n) is 16.1. The number of methoxy groups -OCH3 is 1. The zero-order chi connectivity index (χ0) is 19.7. The highest BCUT2D eigenvalue weighted by Gasteiger charge is 2.39. The van der Waals surface area contributed by atoms with E-state index in [4.69, 9.17) is 9.73 Å². The second-order valence-corrected chi connectivity index (χ2v) is 7.39. The molecule has 1 aliphatic heterocycles. The summed E-state index contributed by atoms with van der Waals surface area (Å²) in [5.41, 5.74) is 2.09. The predicted octanol–water partition coefficient (Wildman–Crippen LogP) is 5.53. The molecule has 0 amide bonds. The van der Waals surface area contributed by atoms with E-state index in [0.29, 0.717) is 12.8 Å². The van der Waals surface area contributed by atoms with Crippen molar-refractivity contribution in [2.24, 2.45) is 16.8 Å². The molecule has 3 aliphatic rings. The van der Waals surface area contributed by atoms with Crippen LogP contribution in [0, 0.1) is 11.8 Å². The number of benzene rings is 1. The first-order chi connectivity index (χ1) is 13.6. The van der Waals surface area contributed by atoms with E-state index < -0.39 is 0 Å². The molecule has 0 N–H and O–H groups in total. The molecule has 0 bridgehead atoms. The minimum atomic E-state index is -0.196. The van der Waals surface area contributed by atoms with Crippen LogP contribution in [0.2, 0.25) is 0 Å². The normalized spacial score (nSPS) is 29.4. The van der Waals surface area contributed by atoms with Gasteiger partial charge in [0, 0.05) is 23.2 Å². The van der Waals surface area contributed by atoms with Gasteiger partial charge in [-0.2, -0.15) is 0 Å². The Kier molecular flexibility index (Phi) is 5.16. The van der Waals surface area contributed by atoms with Crippen molar-refractivity contribution in [1.82, 2.24) is 0 Å². The summed E-state index contributed by atoms with van der Waals surface area (Å²) >= 11 is 0. The highest BCUT2D eigenvalue weighted by Crippen LogP contribution is 2.37. The number of hydrogen-bond donors (Lipinski definition) is 0. The monoisotopic (exact) mass is 382 g/mol. The lowest BCUT2D eigenvalue weighted by Crippen LogP contribution is -2.42. The lowest BCUT2D eigenvalue weighted by Gasteiger charge is -2.34. The van der Waals surface area contributed by atoms with E-state index in [1.807, 2.05) is 36.4 Å². The summed E-state index contributed by atoms with van der Waals surface area (Å²) in [5.74, 6) is 0.577. The highest BCUT2D eigenvalue weighted by atomic mass is 19.1. The number of ether oxygens (including phenoxy) is 1. The molecule has 4 unspecified atom stereocenters. The van der Waals surface area contributed by atoms with Crippen molar-refractivity contribution in [3.63, 3.8) is 0 Å². The van der Waals surface area contributed by atoms with Crippen LogP contribution in [-0.4, -0.2) is 25.0 Å². The number of halogens is 2. The molecule has 2 aliphatic carbocycles. The summed E-state index contributed by atoms with van der Waals surface area (Å²) < 4.78 is 32.2. The highest BCUT2D eigenvalue weighted by molar-refractivity contribution is 5.98. The van der Waals surface area contributed by atoms with Crippen LogP contribution >= 0.6 is 0 Å². The Morgan fingerprint density at radius 2 is 1.68 bits per heavy atom. The maximum absolute atomic E-state index is 13.5. The lowest BCUT2D eigenvalue weighted by atomic mass is 9.91. The summed E-state index contributed by atoms with van der Waals surface area (Å²) in [7, 11) is 1.65. The minimum absolute atomic E-state index is 0.0618. The number of rotatable bonds is 4. The van der Waals surface area contributed by atoms with Crippen molar-refractivity contribution in [1.29, 1.82) is 0 Å². The fourth-order valence-electron chi connectivity index (χ4n) is 4.18. The molecule has 5 heteroatoms. The van der Waals surface area contributed by atoms with Crippen LogP contribution in [-0.2, 0) is 0 Å². The van der Waals surface area contributed by atoms with Crippen LogP contribution in [0.1, 0.15) is 19.8 Å². The van der Waals surface area contributed by atoms with Crippen LogP contribution in [0.4, 0.5) is 14.5 Å². The molecule has 0 radical (unpaired) electrons. The Morgan fingerprint density at radius 1 is 1.00 bits per heavy atom. The zero-order valence-corrected chi connectivity index (χ0v) is 16.1. The number of nitrogens with zero attached hydrogens (tertiary/aromatic N) is 2. The summed E-state index contributed by atoms with van der Waals surface area (Å²) in [6.45, 7) is 2.13. The average molecular weight is 382 g/mol. The van der Waals surface area contributed by atoms with Crippen LogP contribution in [0.5, 0.6) is 5.75 Å². The van der Waals surface area contributed by atoms with Gasteiger partial charge in [0.2, 0.25) is 0 Å². The second-order valence-electron chi connectivity index (χ2n) is 7.39. The molecule has 4 rings (SSSR count). The van der Waals surface area contributed by atoms with E-state index in [-0.39, 0.29) is 35.7 Å². The largest absolute Gasteiger partial charge is 0.497 e. The first kappa shape index (κ1) is 18.7. The summed E-state index contributed by atoms with van der Waals surface area (Å²) in [4.78, 5) is 7.35. The van der Waals surface area contributed by atoms with Gasteiger partial charge in [-0.15, -0.1) is 0 Å². The topological polar surface area (TPSA) is 24.8 Å². The molecule has 3 nitrogen and oxygen atoms in total. The van der Waals surface area contributed by atoms with E-state index in [0.717, 1.165) is 17.1 Å². The van der Waals surface area contributed by atoms with E-state index in [9.17, 15) is 8.78 Å². The Balaban J connectivity index is 1.66. The van der Waals surface area contributed by atoms with Gasteiger partial charge in [0.25, 0.3) is 0 Å². The molecule has 1 aromatic carbocycles. The summed E-state index contributed by atoms with van der Waals surface area (Å²) in [5, 5.41) is 0. The van der Waals surface area contributed by atoms with Crippen LogP contribution in [0.25, 0.3) is 0 Å². The standard InChI is InChI=1S/C23H24F2N2O/c1-15-22(16-3-7-18(24)8-4-16)26-23(17-5-9-19(25)10-6-17)27(15)20-11-13-21(28-2)14-12-20/h3,5,7-17,23H,4,6H2,1-2H3. The summed E-state index contributed by atoms with van der Waals surface area (Å²) in [6, 6.07) is 7.99. The molecule has 0 spiro atoms. The van der Waals surface area contributed by atoms with E-state index in [1.165, 1.54) is 12.2 Å². The molecule has 0 saturated carbocycles. The molecule has 146 valence electrons. The Labute approximate surface area is 164 Å². The van der Waals surface area contributed by atoms with Crippen molar-refractivity contribution in [3.8, 4) is 5.75 Å². The number of aliphatic imine (C=N–C) groups is 1. The van der Waals surface area contributed by atoms with Gasteiger partial charge in [0.1, 0.15) is 23.6 Å². The molecule has 4 atom stereocenters. The first-order valence-corrected chi connectivity index (χ1v) is 9.64. The smallest absolute Gasteiger partial charge is 0.128 e. The van der Waals surface area contributed by atoms with E-state index in [1.54, 1.807) is 19.3 Å². The Morgan fingerprint density at radius 3 is 2.25 bits per heavy atom. The van der Waals surface area contributed by atoms with Crippen LogP contribution in [0.3, 0.4) is 0 Å². The fraction of sp³-hybridized carbons (Fsp3) is 0.348. The quantitative estimate of drug-likeness (QED) is 0.684.